The minimum Gasteiger partial charge on any atom is -0.272 e. The number of nitro benzene ring substituents is 1. The summed E-state index contributed by atoms with van der Waals surface area (Å²) in [6.45, 7) is -0.707. The van der Waals surface area contributed by atoms with Crippen LogP contribution in [-0.4, -0.2) is 36.3 Å². The van der Waals surface area contributed by atoms with Crippen molar-refractivity contribution in [3.05, 3.63) is 104 Å². The van der Waals surface area contributed by atoms with Gasteiger partial charge in [0.05, 0.1) is 28.3 Å². The van der Waals surface area contributed by atoms with E-state index in [9.17, 15) is 23.3 Å². The van der Waals surface area contributed by atoms with Gasteiger partial charge in [-0.1, -0.05) is 65.7 Å². The summed E-state index contributed by atoms with van der Waals surface area (Å²) in [5.74, 6) is -0.757. The molecule has 0 heterocycles. The van der Waals surface area contributed by atoms with Crippen LogP contribution in [0.2, 0.25) is 10.0 Å². The first-order valence-corrected chi connectivity index (χ1v) is 11.9. The molecular weight excluding hydrogens is 503 g/mol. The van der Waals surface area contributed by atoms with E-state index < -0.39 is 27.4 Å². The Kier molecular flexibility index (Phi) is 8.35. The minimum absolute atomic E-state index is 0.0442. The minimum atomic E-state index is -4.23. The second-order valence-electron chi connectivity index (χ2n) is 6.94. The van der Waals surface area contributed by atoms with Gasteiger partial charge < -0.3 is 0 Å². The second-order valence-corrected chi connectivity index (χ2v) is 9.69. The second kappa shape index (κ2) is 11.2. The highest BCUT2D eigenvalue weighted by Gasteiger charge is 2.29. The van der Waals surface area contributed by atoms with Crippen molar-refractivity contribution in [1.82, 2.24) is 9.73 Å². The van der Waals surface area contributed by atoms with E-state index in [0.717, 1.165) is 10.5 Å². The van der Waals surface area contributed by atoms with Gasteiger partial charge in [0.15, 0.2) is 0 Å². The van der Waals surface area contributed by atoms with Crippen LogP contribution in [-0.2, 0) is 21.4 Å². The maximum absolute atomic E-state index is 13.3. The third-order valence-electron chi connectivity index (χ3n) is 4.56. The number of para-hydroxylation sites is 1. The molecule has 0 bridgehead atoms. The summed E-state index contributed by atoms with van der Waals surface area (Å²) in [7, 11) is -4.23. The number of nitro groups is 1. The third kappa shape index (κ3) is 6.39. The number of carbonyl (C=O) groups excluding carboxylic acids is 1. The van der Waals surface area contributed by atoms with Crippen LogP contribution in [0.4, 0.5) is 5.69 Å². The molecule has 0 unspecified atom stereocenters. The van der Waals surface area contributed by atoms with E-state index in [-0.39, 0.29) is 32.7 Å². The van der Waals surface area contributed by atoms with Crippen LogP contribution < -0.4 is 5.43 Å². The number of carbonyl (C=O) groups is 1. The molecule has 12 heteroatoms. The molecule has 3 rings (SSSR count). The molecule has 1 N–H and O–H groups in total. The van der Waals surface area contributed by atoms with Gasteiger partial charge >= 0.3 is 0 Å². The standard InChI is InChI=1S/C22H18Cl2N4O5S/c23-18-10-11-19(24)21(12-18)34(32,33)27(14-16-6-2-1-3-7-16)15-22(29)26-25-13-17-8-4-5-9-20(17)28(30)31/h1-13H,14-15H2,(H,26,29)/b25-13+. The Hall–Kier alpha value is -3.31. The molecule has 0 radical (unpaired) electrons. The van der Waals surface area contributed by atoms with Crippen molar-refractivity contribution in [2.24, 2.45) is 5.10 Å². The van der Waals surface area contributed by atoms with Gasteiger partial charge in [-0.15, -0.1) is 0 Å². The van der Waals surface area contributed by atoms with E-state index in [0.29, 0.717) is 5.56 Å². The molecule has 0 aromatic heterocycles. The van der Waals surface area contributed by atoms with E-state index in [1.165, 1.54) is 36.4 Å². The van der Waals surface area contributed by atoms with Crippen LogP contribution in [0.15, 0.2) is 82.8 Å². The van der Waals surface area contributed by atoms with Crippen molar-refractivity contribution < 1.29 is 18.1 Å². The topological polar surface area (TPSA) is 122 Å². The molecule has 0 atom stereocenters. The maximum atomic E-state index is 13.3. The van der Waals surface area contributed by atoms with Crippen LogP contribution in [0.3, 0.4) is 0 Å². The number of nitrogens with zero attached hydrogens (tertiary/aromatic N) is 3. The molecule has 3 aromatic carbocycles. The molecule has 0 saturated carbocycles. The molecule has 0 fully saturated rings. The van der Waals surface area contributed by atoms with Crippen molar-refractivity contribution in [3.63, 3.8) is 0 Å². The van der Waals surface area contributed by atoms with Gasteiger partial charge in [0.2, 0.25) is 10.0 Å². The fraction of sp³-hybridized carbons (Fsp3) is 0.0909. The molecule has 3 aromatic rings. The Morgan fingerprint density at radius 3 is 2.44 bits per heavy atom. The Morgan fingerprint density at radius 1 is 1.06 bits per heavy atom. The highest BCUT2D eigenvalue weighted by Crippen LogP contribution is 2.28. The number of amides is 1. The Labute approximate surface area is 205 Å². The number of hydrazone groups is 1. The monoisotopic (exact) mass is 520 g/mol. The summed E-state index contributed by atoms with van der Waals surface area (Å²) in [5.41, 5.74) is 2.83. The summed E-state index contributed by atoms with van der Waals surface area (Å²) in [4.78, 5) is 22.8. The molecular formula is C22H18Cl2N4O5S. The lowest BCUT2D eigenvalue weighted by molar-refractivity contribution is -0.385. The molecule has 0 aliphatic carbocycles. The maximum Gasteiger partial charge on any atom is 0.278 e. The predicted octanol–water partition coefficient (Wildman–Crippen LogP) is 4.24. The normalized spacial score (nSPS) is 11.6. The van der Waals surface area contributed by atoms with E-state index in [4.69, 9.17) is 23.2 Å². The van der Waals surface area contributed by atoms with Crippen molar-refractivity contribution >= 4 is 51.0 Å². The van der Waals surface area contributed by atoms with E-state index in [1.807, 2.05) is 0 Å². The highest BCUT2D eigenvalue weighted by atomic mass is 35.5. The van der Waals surface area contributed by atoms with Crippen LogP contribution in [0.1, 0.15) is 11.1 Å². The van der Waals surface area contributed by atoms with Crippen LogP contribution in [0.25, 0.3) is 0 Å². The Bertz CT molecular complexity index is 1330. The average Bonchev–Trinajstić information content (AvgIpc) is 2.81. The number of benzene rings is 3. The van der Waals surface area contributed by atoms with E-state index >= 15 is 0 Å². The molecule has 34 heavy (non-hydrogen) atoms. The largest absolute Gasteiger partial charge is 0.278 e. The van der Waals surface area contributed by atoms with Crippen molar-refractivity contribution in [2.45, 2.75) is 11.4 Å². The molecule has 0 aliphatic rings. The predicted molar refractivity (Wildman–Crippen MR) is 129 cm³/mol. The van der Waals surface area contributed by atoms with Gasteiger partial charge in [0, 0.05) is 17.6 Å². The third-order valence-corrected chi connectivity index (χ3v) is 7.07. The fourth-order valence-corrected chi connectivity index (χ4v) is 5.08. The number of halogens is 2. The Morgan fingerprint density at radius 2 is 1.74 bits per heavy atom. The van der Waals surface area contributed by atoms with E-state index in [1.54, 1.807) is 36.4 Å². The van der Waals surface area contributed by atoms with Gasteiger partial charge in [-0.3, -0.25) is 14.9 Å². The first kappa shape index (κ1) is 25.3. The van der Waals surface area contributed by atoms with E-state index in [2.05, 4.69) is 10.5 Å². The number of hydrogen-bond acceptors (Lipinski definition) is 6. The van der Waals surface area contributed by atoms with Gasteiger partial charge in [0.1, 0.15) is 4.90 Å². The van der Waals surface area contributed by atoms with Crippen LogP contribution in [0, 0.1) is 10.1 Å². The van der Waals surface area contributed by atoms with Gasteiger partial charge in [-0.05, 0) is 29.8 Å². The smallest absolute Gasteiger partial charge is 0.272 e. The summed E-state index contributed by atoms with van der Waals surface area (Å²) >= 11 is 12.1. The molecule has 0 saturated heterocycles. The summed E-state index contributed by atoms with van der Waals surface area (Å²) < 4.78 is 27.6. The summed E-state index contributed by atoms with van der Waals surface area (Å²) in [6, 6.07) is 18.5. The average molecular weight is 521 g/mol. The van der Waals surface area contributed by atoms with Crippen LogP contribution in [0.5, 0.6) is 0 Å². The van der Waals surface area contributed by atoms with Crippen molar-refractivity contribution in [2.75, 3.05) is 6.54 Å². The number of hydrogen-bond donors (Lipinski definition) is 1. The fourth-order valence-electron chi connectivity index (χ4n) is 2.96. The molecule has 0 aliphatic heterocycles. The van der Waals surface area contributed by atoms with Crippen LogP contribution >= 0.6 is 23.2 Å². The molecule has 0 spiro atoms. The molecule has 176 valence electrons. The van der Waals surface area contributed by atoms with Crippen molar-refractivity contribution in [3.8, 4) is 0 Å². The summed E-state index contributed by atoms with van der Waals surface area (Å²) in [5, 5.41) is 15.0. The zero-order valence-electron chi connectivity index (χ0n) is 17.5. The lowest BCUT2D eigenvalue weighted by Gasteiger charge is -2.22. The van der Waals surface area contributed by atoms with Gasteiger partial charge in [0.25, 0.3) is 11.6 Å². The van der Waals surface area contributed by atoms with Gasteiger partial charge in [-0.2, -0.15) is 9.41 Å². The Balaban J connectivity index is 1.84. The quantitative estimate of drug-likeness (QED) is 0.256. The first-order valence-electron chi connectivity index (χ1n) is 9.73. The highest BCUT2D eigenvalue weighted by molar-refractivity contribution is 7.89. The SMILES string of the molecule is O=C(CN(Cc1ccccc1)S(=O)(=O)c1cc(Cl)ccc1Cl)N/N=C/c1ccccc1[N+](=O)[O-]. The first-order chi connectivity index (χ1) is 16.2. The number of sulfonamides is 1. The zero-order chi connectivity index (χ0) is 24.7. The lowest BCUT2D eigenvalue weighted by atomic mass is 10.2. The summed E-state index contributed by atoms with van der Waals surface area (Å²) in [6.07, 6.45) is 1.11. The lowest BCUT2D eigenvalue weighted by Crippen LogP contribution is -2.39. The number of rotatable bonds is 9. The molecule has 1 amide bonds. The van der Waals surface area contributed by atoms with Crippen molar-refractivity contribution in [1.29, 1.82) is 0 Å². The number of nitrogens with one attached hydrogen (secondary N) is 1. The van der Waals surface area contributed by atoms with Gasteiger partial charge in [-0.25, -0.2) is 13.8 Å². The zero-order valence-corrected chi connectivity index (χ0v) is 19.8. The molecule has 9 nitrogen and oxygen atoms in total.